The van der Waals surface area contributed by atoms with Crippen LogP contribution in [0, 0.1) is 17.0 Å². The Morgan fingerprint density at radius 3 is 2.68 bits per heavy atom. The molecule has 1 rings (SSSR count). The van der Waals surface area contributed by atoms with Crippen molar-refractivity contribution < 1.29 is 22.8 Å². The third-order valence-electron chi connectivity index (χ3n) is 2.18. The Morgan fingerprint density at radius 2 is 2.11 bits per heavy atom. The molecule has 0 saturated carbocycles. The van der Waals surface area contributed by atoms with E-state index in [4.69, 9.17) is 0 Å². The summed E-state index contributed by atoms with van der Waals surface area (Å²) in [5, 5.41) is 13.5. The highest BCUT2D eigenvalue weighted by Gasteiger charge is 2.27. The van der Waals surface area contributed by atoms with E-state index in [1.807, 2.05) is 0 Å². The summed E-state index contributed by atoms with van der Waals surface area (Å²) < 4.78 is 39.7. The SMILES string of the molecule is Cc1ccc(NCCOCC(F)(F)F)c([N+](=O)[O-])c1. The van der Waals surface area contributed by atoms with E-state index in [9.17, 15) is 23.3 Å². The first-order valence-corrected chi connectivity index (χ1v) is 5.43. The van der Waals surface area contributed by atoms with Gasteiger partial charge in [-0.15, -0.1) is 0 Å². The van der Waals surface area contributed by atoms with Crippen molar-refractivity contribution in [2.75, 3.05) is 25.1 Å². The molecule has 0 bridgehead atoms. The quantitative estimate of drug-likeness (QED) is 0.493. The summed E-state index contributed by atoms with van der Waals surface area (Å²) in [7, 11) is 0. The molecule has 0 radical (unpaired) electrons. The minimum Gasteiger partial charge on any atom is -0.377 e. The summed E-state index contributed by atoms with van der Waals surface area (Å²) in [5.74, 6) is 0. The van der Waals surface area contributed by atoms with Crippen molar-refractivity contribution in [2.45, 2.75) is 13.1 Å². The lowest BCUT2D eigenvalue weighted by Gasteiger charge is -2.09. The number of nitrogens with zero attached hydrogens (tertiary/aromatic N) is 1. The molecule has 0 atom stereocenters. The van der Waals surface area contributed by atoms with E-state index < -0.39 is 17.7 Å². The highest BCUT2D eigenvalue weighted by molar-refractivity contribution is 5.62. The molecule has 0 saturated heterocycles. The van der Waals surface area contributed by atoms with Gasteiger partial charge < -0.3 is 10.1 Å². The van der Waals surface area contributed by atoms with Crippen LogP contribution < -0.4 is 5.32 Å². The van der Waals surface area contributed by atoms with Crippen LogP contribution in [0.15, 0.2) is 18.2 Å². The van der Waals surface area contributed by atoms with Crippen molar-refractivity contribution >= 4 is 11.4 Å². The maximum absolute atomic E-state index is 11.8. The minimum absolute atomic E-state index is 0.0555. The van der Waals surface area contributed by atoms with Gasteiger partial charge in [0.2, 0.25) is 0 Å². The standard InChI is InChI=1S/C11H13F3N2O3/c1-8-2-3-9(10(6-8)16(17)18)15-4-5-19-7-11(12,13)14/h2-3,6,15H,4-5,7H2,1H3. The summed E-state index contributed by atoms with van der Waals surface area (Å²) in [6.07, 6.45) is -4.37. The Kier molecular flexibility index (Phi) is 5.11. The number of nitro groups is 1. The summed E-state index contributed by atoms with van der Waals surface area (Å²) in [5.41, 5.74) is 0.868. The zero-order chi connectivity index (χ0) is 14.5. The second kappa shape index (κ2) is 6.37. The first kappa shape index (κ1) is 15.2. The van der Waals surface area contributed by atoms with Crippen molar-refractivity contribution in [3.05, 3.63) is 33.9 Å². The maximum Gasteiger partial charge on any atom is 0.411 e. The number of halogens is 3. The first-order valence-electron chi connectivity index (χ1n) is 5.43. The molecule has 0 unspecified atom stereocenters. The Hall–Kier alpha value is -1.83. The molecule has 0 aliphatic rings. The van der Waals surface area contributed by atoms with Gasteiger partial charge in [0.25, 0.3) is 5.69 Å². The number of aryl methyl sites for hydroxylation is 1. The Morgan fingerprint density at radius 1 is 1.42 bits per heavy atom. The predicted molar refractivity (Wildman–Crippen MR) is 63.2 cm³/mol. The van der Waals surface area contributed by atoms with Crippen LogP contribution in [-0.2, 0) is 4.74 Å². The van der Waals surface area contributed by atoms with Crippen molar-refractivity contribution in [2.24, 2.45) is 0 Å². The van der Waals surface area contributed by atoms with Gasteiger partial charge in [0.05, 0.1) is 11.5 Å². The van der Waals surface area contributed by atoms with Crippen molar-refractivity contribution in [1.29, 1.82) is 0 Å². The fourth-order valence-electron chi connectivity index (χ4n) is 1.39. The molecule has 0 heterocycles. The molecule has 0 amide bonds. The van der Waals surface area contributed by atoms with E-state index in [0.717, 1.165) is 5.56 Å². The van der Waals surface area contributed by atoms with Gasteiger partial charge in [0, 0.05) is 12.6 Å². The number of rotatable bonds is 6. The van der Waals surface area contributed by atoms with E-state index in [1.54, 1.807) is 13.0 Å². The molecule has 0 aliphatic carbocycles. The highest BCUT2D eigenvalue weighted by Crippen LogP contribution is 2.24. The van der Waals surface area contributed by atoms with Crippen molar-refractivity contribution in [3.63, 3.8) is 0 Å². The first-order chi connectivity index (χ1) is 8.79. The third-order valence-corrected chi connectivity index (χ3v) is 2.18. The molecular weight excluding hydrogens is 265 g/mol. The van der Waals surface area contributed by atoms with Gasteiger partial charge in [-0.2, -0.15) is 13.2 Å². The van der Waals surface area contributed by atoms with Crippen LogP contribution >= 0.6 is 0 Å². The lowest BCUT2D eigenvalue weighted by molar-refractivity contribution is -0.384. The largest absolute Gasteiger partial charge is 0.411 e. The molecule has 5 nitrogen and oxygen atoms in total. The topological polar surface area (TPSA) is 64.4 Å². The minimum atomic E-state index is -4.37. The van der Waals surface area contributed by atoms with Crippen LogP contribution in [0.4, 0.5) is 24.5 Å². The van der Waals surface area contributed by atoms with Gasteiger partial charge >= 0.3 is 6.18 Å². The van der Waals surface area contributed by atoms with Crippen molar-refractivity contribution in [3.8, 4) is 0 Å². The lowest BCUT2D eigenvalue weighted by Crippen LogP contribution is -2.20. The second-order valence-electron chi connectivity index (χ2n) is 3.87. The maximum atomic E-state index is 11.8. The van der Waals surface area contributed by atoms with Gasteiger partial charge in [-0.3, -0.25) is 10.1 Å². The molecule has 0 fully saturated rings. The van der Waals surface area contributed by atoms with E-state index >= 15 is 0 Å². The number of alkyl halides is 3. The molecule has 0 aliphatic heterocycles. The number of anilines is 1. The van der Waals surface area contributed by atoms with Gasteiger partial charge in [-0.1, -0.05) is 6.07 Å². The number of nitro benzene ring substituents is 1. The molecule has 1 aromatic carbocycles. The number of hydrogen-bond acceptors (Lipinski definition) is 4. The van der Waals surface area contributed by atoms with Crippen LogP contribution in [0.5, 0.6) is 0 Å². The highest BCUT2D eigenvalue weighted by atomic mass is 19.4. The molecule has 0 spiro atoms. The number of ether oxygens (including phenoxy) is 1. The predicted octanol–water partition coefficient (Wildman–Crippen LogP) is 2.89. The van der Waals surface area contributed by atoms with E-state index in [2.05, 4.69) is 10.1 Å². The average Bonchev–Trinajstić information content (AvgIpc) is 2.28. The number of benzene rings is 1. The van der Waals surface area contributed by atoms with Crippen LogP contribution in [0.25, 0.3) is 0 Å². The molecule has 1 N–H and O–H groups in total. The summed E-state index contributed by atoms with van der Waals surface area (Å²) in [6.45, 7) is 0.248. The van der Waals surface area contributed by atoms with Gasteiger partial charge in [0.1, 0.15) is 12.3 Å². The normalized spacial score (nSPS) is 11.4. The monoisotopic (exact) mass is 278 g/mol. The average molecular weight is 278 g/mol. The Bertz CT molecular complexity index is 449. The molecular formula is C11H13F3N2O3. The van der Waals surface area contributed by atoms with Crippen LogP contribution in [-0.4, -0.2) is 30.9 Å². The fourth-order valence-corrected chi connectivity index (χ4v) is 1.39. The summed E-state index contributed by atoms with van der Waals surface area (Å²) in [4.78, 5) is 10.2. The van der Waals surface area contributed by atoms with Crippen LogP contribution in [0.3, 0.4) is 0 Å². The van der Waals surface area contributed by atoms with E-state index in [-0.39, 0.29) is 24.5 Å². The molecule has 0 aromatic heterocycles. The van der Waals surface area contributed by atoms with Crippen LogP contribution in [0.2, 0.25) is 0 Å². The van der Waals surface area contributed by atoms with Gasteiger partial charge in [0.15, 0.2) is 0 Å². The number of hydrogen-bond donors (Lipinski definition) is 1. The summed E-state index contributed by atoms with van der Waals surface area (Å²) in [6, 6.07) is 4.57. The molecule has 19 heavy (non-hydrogen) atoms. The van der Waals surface area contributed by atoms with E-state index in [1.165, 1.54) is 12.1 Å². The van der Waals surface area contributed by atoms with Crippen molar-refractivity contribution in [1.82, 2.24) is 0 Å². The van der Waals surface area contributed by atoms with Crippen LogP contribution in [0.1, 0.15) is 5.56 Å². The molecule has 8 heteroatoms. The molecule has 106 valence electrons. The number of nitrogens with one attached hydrogen (secondary N) is 1. The zero-order valence-corrected chi connectivity index (χ0v) is 10.2. The van der Waals surface area contributed by atoms with Gasteiger partial charge in [-0.25, -0.2) is 0 Å². The second-order valence-corrected chi connectivity index (χ2v) is 3.87. The van der Waals surface area contributed by atoms with E-state index in [0.29, 0.717) is 0 Å². The molecule has 1 aromatic rings. The summed E-state index contributed by atoms with van der Waals surface area (Å²) >= 11 is 0. The lowest BCUT2D eigenvalue weighted by atomic mass is 10.2. The zero-order valence-electron chi connectivity index (χ0n) is 10.2. The third kappa shape index (κ3) is 5.56. The smallest absolute Gasteiger partial charge is 0.377 e. The van der Waals surface area contributed by atoms with Gasteiger partial charge in [-0.05, 0) is 18.6 Å². The fraction of sp³-hybridized carbons (Fsp3) is 0.455. The Balaban J connectivity index is 2.47. The Labute approximate surface area is 107 Å².